The fourth-order valence-electron chi connectivity index (χ4n) is 3.40. The second-order valence-corrected chi connectivity index (χ2v) is 6.61. The normalized spacial score (nSPS) is 15.9. The van der Waals surface area contributed by atoms with Crippen molar-refractivity contribution in [2.24, 2.45) is 5.92 Å². The molecule has 2 aromatic rings. The van der Waals surface area contributed by atoms with Crippen LogP contribution in [-0.2, 0) is 11.3 Å². The van der Waals surface area contributed by atoms with Gasteiger partial charge in [-0.25, -0.2) is 4.98 Å². The van der Waals surface area contributed by atoms with Gasteiger partial charge in [0.05, 0.1) is 22.7 Å². The maximum Gasteiger partial charge on any atom is 0.224 e. The highest BCUT2D eigenvalue weighted by Crippen LogP contribution is 2.32. The number of hydrogen-bond donors (Lipinski definition) is 2. The third kappa shape index (κ3) is 3.67. The second-order valence-electron chi connectivity index (χ2n) is 6.21. The molecule has 0 atom stereocenters. The Hall–Kier alpha value is -1.59. The van der Waals surface area contributed by atoms with E-state index in [0.29, 0.717) is 35.2 Å². The lowest BCUT2D eigenvalue weighted by Gasteiger charge is -2.20. The van der Waals surface area contributed by atoms with Crippen molar-refractivity contribution in [2.45, 2.75) is 45.1 Å². The van der Waals surface area contributed by atoms with Gasteiger partial charge in [-0.15, -0.1) is 0 Å². The molecule has 0 bridgehead atoms. The molecule has 0 aromatic carbocycles. The summed E-state index contributed by atoms with van der Waals surface area (Å²) in [6.07, 6.45) is 10.0. The lowest BCUT2D eigenvalue weighted by atomic mass is 9.87. The number of carbonyl (C=O) groups is 1. The van der Waals surface area contributed by atoms with Crippen molar-refractivity contribution < 1.29 is 9.90 Å². The summed E-state index contributed by atoms with van der Waals surface area (Å²) >= 11 is 6.28. The third-order valence-electron chi connectivity index (χ3n) is 4.52. The molecule has 1 fully saturated rings. The number of hydrogen-bond acceptors (Lipinski definition) is 3. The maximum absolute atomic E-state index is 12.4. The van der Waals surface area contributed by atoms with Crippen molar-refractivity contribution in [3.63, 3.8) is 0 Å². The first-order valence-electron chi connectivity index (χ1n) is 8.23. The van der Waals surface area contributed by atoms with E-state index in [1.54, 1.807) is 18.5 Å². The van der Waals surface area contributed by atoms with Crippen molar-refractivity contribution in [3.05, 3.63) is 23.5 Å². The summed E-state index contributed by atoms with van der Waals surface area (Å²) in [4.78, 5) is 16.7. The number of pyridine rings is 1. The Balaban J connectivity index is 1.80. The summed E-state index contributed by atoms with van der Waals surface area (Å²) in [6.45, 7) is 0.426. The highest BCUT2D eigenvalue weighted by atomic mass is 35.5. The number of halogens is 1. The zero-order valence-electron chi connectivity index (χ0n) is 13.1. The van der Waals surface area contributed by atoms with Gasteiger partial charge in [-0.2, -0.15) is 0 Å². The van der Waals surface area contributed by atoms with Crippen LogP contribution in [0.5, 0.6) is 0 Å². The molecule has 23 heavy (non-hydrogen) atoms. The zero-order valence-corrected chi connectivity index (χ0v) is 13.9. The number of aliphatic hydroxyl groups excluding tert-OH is 1. The molecule has 3 rings (SSSR count). The van der Waals surface area contributed by atoms with Gasteiger partial charge in [-0.3, -0.25) is 4.79 Å². The molecule has 2 N–H and O–H groups in total. The van der Waals surface area contributed by atoms with Crippen molar-refractivity contribution in [1.29, 1.82) is 0 Å². The number of nitrogens with zero attached hydrogens (tertiary/aromatic N) is 2. The molecule has 1 saturated carbocycles. The van der Waals surface area contributed by atoms with Crippen LogP contribution >= 0.6 is 11.6 Å². The summed E-state index contributed by atoms with van der Waals surface area (Å²) < 4.78 is 1.82. The molecule has 0 saturated heterocycles. The molecule has 0 aliphatic heterocycles. The Morgan fingerprint density at radius 1 is 1.39 bits per heavy atom. The standard InChI is InChI=1S/C17H22ClN3O2/c18-13-6-7-19-17-16(13)14(11-21(17)8-9-22)20-15(23)10-12-4-2-1-3-5-12/h6-7,11-12,22H,1-5,8-10H2,(H,20,23). The van der Waals surface area contributed by atoms with E-state index < -0.39 is 0 Å². The number of carbonyl (C=O) groups excluding carboxylic acids is 1. The van der Waals surface area contributed by atoms with Crippen LogP contribution < -0.4 is 5.32 Å². The van der Waals surface area contributed by atoms with E-state index in [4.69, 9.17) is 11.6 Å². The number of aromatic nitrogens is 2. The van der Waals surface area contributed by atoms with E-state index in [1.807, 2.05) is 4.57 Å². The molecule has 0 spiro atoms. The largest absolute Gasteiger partial charge is 0.395 e. The Kier molecular flexibility index (Phi) is 5.18. The molecule has 1 aliphatic rings. The zero-order chi connectivity index (χ0) is 16.2. The number of fused-ring (bicyclic) bond motifs is 1. The Labute approximate surface area is 140 Å². The number of nitrogens with one attached hydrogen (secondary N) is 1. The van der Waals surface area contributed by atoms with Gasteiger partial charge in [0.25, 0.3) is 0 Å². The lowest BCUT2D eigenvalue weighted by Crippen LogP contribution is -2.18. The molecule has 0 unspecified atom stereocenters. The monoisotopic (exact) mass is 335 g/mol. The minimum absolute atomic E-state index is 0.00737. The van der Waals surface area contributed by atoms with Crippen LogP contribution in [0.15, 0.2) is 18.5 Å². The van der Waals surface area contributed by atoms with Gasteiger partial charge in [0.15, 0.2) is 0 Å². The van der Waals surface area contributed by atoms with Crippen LogP contribution in [0.3, 0.4) is 0 Å². The van der Waals surface area contributed by atoms with Crippen LogP contribution in [0, 0.1) is 5.92 Å². The van der Waals surface area contributed by atoms with Crippen LogP contribution in [0.25, 0.3) is 11.0 Å². The van der Waals surface area contributed by atoms with Crippen LogP contribution in [-0.4, -0.2) is 27.2 Å². The first-order valence-corrected chi connectivity index (χ1v) is 8.61. The SMILES string of the molecule is O=C(CC1CCCCC1)Nc1cn(CCO)c2nccc(Cl)c12. The van der Waals surface area contributed by atoms with Crippen LogP contribution in [0.2, 0.25) is 5.02 Å². The van der Waals surface area contributed by atoms with Crippen molar-refractivity contribution >= 4 is 34.2 Å². The molecule has 5 nitrogen and oxygen atoms in total. The third-order valence-corrected chi connectivity index (χ3v) is 4.84. The molecule has 2 aromatic heterocycles. The average molecular weight is 336 g/mol. The van der Waals surface area contributed by atoms with Gasteiger partial charge < -0.3 is 15.0 Å². The quantitative estimate of drug-likeness (QED) is 0.877. The second kappa shape index (κ2) is 7.32. The van der Waals surface area contributed by atoms with Crippen LogP contribution in [0.1, 0.15) is 38.5 Å². The van der Waals surface area contributed by atoms with Crippen LogP contribution in [0.4, 0.5) is 5.69 Å². The number of rotatable bonds is 5. The van der Waals surface area contributed by atoms with Crippen molar-refractivity contribution in [1.82, 2.24) is 9.55 Å². The predicted octanol–water partition coefficient (Wildman–Crippen LogP) is 3.59. The van der Waals surface area contributed by atoms with E-state index in [2.05, 4.69) is 10.3 Å². The fourth-order valence-corrected chi connectivity index (χ4v) is 3.65. The molecule has 6 heteroatoms. The first-order chi connectivity index (χ1) is 11.2. The summed E-state index contributed by atoms with van der Waals surface area (Å²) in [5.41, 5.74) is 1.35. The number of aliphatic hydroxyl groups is 1. The van der Waals surface area contributed by atoms with Gasteiger partial charge in [0, 0.05) is 25.4 Å². The van der Waals surface area contributed by atoms with Gasteiger partial charge in [0.1, 0.15) is 5.65 Å². The molecule has 0 radical (unpaired) electrons. The molecule has 2 heterocycles. The average Bonchev–Trinajstić information content (AvgIpc) is 2.88. The minimum Gasteiger partial charge on any atom is -0.395 e. The molecule has 124 valence electrons. The first kappa shape index (κ1) is 16.3. The highest BCUT2D eigenvalue weighted by molar-refractivity contribution is 6.36. The van der Waals surface area contributed by atoms with Gasteiger partial charge in [-0.05, 0) is 24.8 Å². The molecular weight excluding hydrogens is 314 g/mol. The summed E-state index contributed by atoms with van der Waals surface area (Å²) in [6, 6.07) is 1.71. The summed E-state index contributed by atoms with van der Waals surface area (Å²) in [7, 11) is 0. The van der Waals surface area contributed by atoms with Gasteiger partial charge in [-0.1, -0.05) is 30.9 Å². The topological polar surface area (TPSA) is 67.2 Å². The van der Waals surface area contributed by atoms with Crippen molar-refractivity contribution in [3.8, 4) is 0 Å². The Morgan fingerprint density at radius 2 is 2.17 bits per heavy atom. The fraction of sp³-hybridized carbons (Fsp3) is 0.529. The molecular formula is C17H22ClN3O2. The van der Waals surface area contributed by atoms with Crippen molar-refractivity contribution in [2.75, 3.05) is 11.9 Å². The van der Waals surface area contributed by atoms with E-state index in [9.17, 15) is 9.90 Å². The number of amides is 1. The minimum atomic E-state index is 0.00737. The predicted molar refractivity (Wildman–Crippen MR) is 91.7 cm³/mol. The van der Waals surface area contributed by atoms with E-state index >= 15 is 0 Å². The van der Waals surface area contributed by atoms with Gasteiger partial charge >= 0.3 is 0 Å². The number of anilines is 1. The maximum atomic E-state index is 12.4. The highest BCUT2D eigenvalue weighted by Gasteiger charge is 2.19. The molecule has 1 amide bonds. The van der Waals surface area contributed by atoms with E-state index in [1.165, 1.54) is 19.3 Å². The van der Waals surface area contributed by atoms with Gasteiger partial charge in [0.2, 0.25) is 5.91 Å². The Bertz CT molecular complexity index is 692. The summed E-state index contributed by atoms with van der Waals surface area (Å²) in [5.74, 6) is 0.517. The summed E-state index contributed by atoms with van der Waals surface area (Å²) in [5, 5.41) is 13.5. The molecule has 1 aliphatic carbocycles. The van der Waals surface area contributed by atoms with E-state index in [-0.39, 0.29) is 12.5 Å². The van der Waals surface area contributed by atoms with E-state index in [0.717, 1.165) is 18.2 Å². The smallest absolute Gasteiger partial charge is 0.224 e. The lowest BCUT2D eigenvalue weighted by molar-refractivity contribution is -0.117. The Morgan fingerprint density at radius 3 is 2.91 bits per heavy atom.